The van der Waals surface area contributed by atoms with E-state index in [-0.39, 0.29) is 5.82 Å². The molecule has 0 radical (unpaired) electrons. The molecule has 0 aliphatic carbocycles. The lowest BCUT2D eigenvalue weighted by Crippen LogP contribution is -2.03. The first kappa shape index (κ1) is 13.4. The van der Waals surface area contributed by atoms with E-state index in [1.54, 1.807) is 25.4 Å². The van der Waals surface area contributed by atoms with E-state index in [1.807, 2.05) is 0 Å². The first-order chi connectivity index (χ1) is 9.24. The Kier molecular flexibility index (Phi) is 4.41. The third-order valence-corrected chi connectivity index (χ3v) is 2.75. The Morgan fingerprint density at radius 2 is 2.16 bits per heavy atom. The van der Waals surface area contributed by atoms with Gasteiger partial charge in [-0.1, -0.05) is 0 Å². The van der Waals surface area contributed by atoms with Crippen molar-refractivity contribution < 1.29 is 9.13 Å². The summed E-state index contributed by atoms with van der Waals surface area (Å²) in [5.74, 6) is 0.969. The summed E-state index contributed by atoms with van der Waals surface area (Å²) in [6.45, 7) is 0.594. The highest BCUT2D eigenvalue weighted by molar-refractivity contribution is 5.66. The van der Waals surface area contributed by atoms with Crippen molar-refractivity contribution >= 4 is 0 Å². The lowest BCUT2D eigenvalue weighted by molar-refractivity contribution is 0.415. The van der Waals surface area contributed by atoms with Crippen LogP contribution in [0.2, 0.25) is 0 Å². The molecule has 2 N–H and O–H groups in total. The van der Waals surface area contributed by atoms with Crippen LogP contribution in [-0.4, -0.2) is 23.6 Å². The van der Waals surface area contributed by atoms with E-state index in [9.17, 15) is 4.39 Å². The summed E-state index contributed by atoms with van der Waals surface area (Å²) in [4.78, 5) is 8.60. The monoisotopic (exact) mass is 261 g/mol. The van der Waals surface area contributed by atoms with Gasteiger partial charge in [0, 0.05) is 18.2 Å². The quantitative estimate of drug-likeness (QED) is 0.896. The minimum absolute atomic E-state index is 0.321. The molecule has 0 spiro atoms. The predicted octanol–water partition coefficient (Wildman–Crippen LogP) is 2.18. The Labute approximate surface area is 111 Å². The van der Waals surface area contributed by atoms with Crippen LogP contribution in [0.3, 0.4) is 0 Å². The second-order valence-corrected chi connectivity index (χ2v) is 4.09. The van der Waals surface area contributed by atoms with Crippen molar-refractivity contribution in [2.45, 2.75) is 12.8 Å². The molecule has 1 heterocycles. The van der Waals surface area contributed by atoms with Crippen LogP contribution in [0.5, 0.6) is 5.75 Å². The van der Waals surface area contributed by atoms with Crippen molar-refractivity contribution in [2.24, 2.45) is 5.73 Å². The molecule has 0 saturated carbocycles. The number of nitrogens with two attached hydrogens (primary N) is 1. The Morgan fingerprint density at radius 1 is 1.32 bits per heavy atom. The smallest absolute Gasteiger partial charge is 0.129 e. The van der Waals surface area contributed by atoms with Gasteiger partial charge in [0.05, 0.1) is 12.8 Å². The third-order valence-electron chi connectivity index (χ3n) is 2.75. The van der Waals surface area contributed by atoms with E-state index in [0.717, 1.165) is 6.42 Å². The van der Waals surface area contributed by atoms with Crippen molar-refractivity contribution in [2.75, 3.05) is 13.7 Å². The molecular formula is C14H16FN3O. The molecule has 0 atom stereocenters. The van der Waals surface area contributed by atoms with Crippen LogP contribution in [-0.2, 0) is 6.42 Å². The minimum Gasteiger partial charge on any atom is -0.496 e. The molecule has 4 nitrogen and oxygen atoms in total. The van der Waals surface area contributed by atoms with Crippen LogP contribution in [0.1, 0.15) is 12.2 Å². The number of aryl methyl sites for hydroxylation is 1. The molecule has 1 aromatic carbocycles. The highest BCUT2D eigenvalue weighted by atomic mass is 19.1. The Hall–Kier alpha value is -2.01. The maximum atomic E-state index is 13.4. The summed E-state index contributed by atoms with van der Waals surface area (Å²) in [5, 5.41) is 0. The second-order valence-electron chi connectivity index (χ2n) is 4.09. The number of aromatic nitrogens is 2. The number of methoxy groups -OCH3 is 1. The van der Waals surface area contributed by atoms with Crippen molar-refractivity contribution in [3.63, 3.8) is 0 Å². The SMILES string of the molecule is COc1ccc(F)cc1-c1ccnc(CCCN)n1. The molecule has 19 heavy (non-hydrogen) atoms. The molecule has 0 amide bonds. The van der Waals surface area contributed by atoms with Crippen molar-refractivity contribution in [1.82, 2.24) is 9.97 Å². The van der Waals surface area contributed by atoms with Gasteiger partial charge in [0.15, 0.2) is 0 Å². The molecule has 0 unspecified atom stereocenters. The average Bonchev–Trinajstić information content (AvgIpc) is 2.45. The summed E-state index contributed by atoms with van der Waals surface area (Å²) in [6.07, 6.45) is 3.20. The Bertz CT molecular complexity index is 560. The first-order valence-corrected chi connectivity index (χ1v) is 6.10. The van der Waals surface area contributed by atoms with Crippen LogP contribution in [0.25, 0.3) is 11.3 Å². The van der Waals surface area contributed by atoms with E-state index in [0.29, 0.717) is 35.8 Å². The fourth-order valence-corrected chi connectivity index (χ4v) is 1.81. The van der Waals surface area contributed by atoms with E-state index >= 15 is 0 Å². The fraction of sp³-hybridized carbons (Fsp3) is 0.286. The van der Waals surface area contributed by atoms with Gasteiger partial charge in [0.25, 0.3) is 0 Å². The number of nitrogens with zero attached hydrogens (tertiary/aromatic N) is 2. The summed E-state index contributed by atoms with van der Waals surface area (Å²) in [7, 11) is 1.55. The van der Waals surface area contributed by atoms with E-state index in [1.165, 1.54) is 12.1 Å². The van der Waals surface area contributed by atoms with Gasteiger partial charge in [-0.3, -0.25) is 0 Å². The number of benzene rings is 1. The second kappa shape index (κ2) is 6.24. The average molecular weight is 261 g/mol. The number of hydrogen-bond donors (Lipinski definition) is 1. The third kappa shape index (κ3) is 3.26. The lowest BCUT2D eigenvalue weighted by atomic mass is 10.1. The molecule has 100 valence electrons. The van der Waals surface area contributed by atoms with Gasteiger partial charge in [-0.2, -0.15) is 0 Å². The van der Waals surface area contributed by atoms with Crippen molar-refractivity contribution in [3.05, 3.63) is 42.1 Å². The molecule has 2 rings (SSSR count). The van der Waals surface area contributed by atoms with Gasteiger partial charge < -0.3 is 10.5 Å². The maximum Gasteiger partial charge on any atom is 0.129 e. The molecule has 0 aliphatic rings. The largest absolute Gasteiger partial charge is 0.496 e. The number of hydrogen-bond acceptors (Lipinski definition) is 4. The van der Waals surface area contributed by atoms with Gasteiger partial charge in [-0.05, 0) is 37.2 Å². The normalized spacial score (nSPS) is 10.5. The number of rotatable bonds is 5. The number of halogens is 1. The first-order valence-electron chi connectivity index (χ1n) is 6.10. The van der Waals surface area contributed by atoms with Gasteiger partial charge in [-0.15, -0.1) is 0 Å². The molecule has 2 aromatic rings. The number of ether oxygens (including phenoxy) is 1. The van der Waals surface area contributed by atoms with Crippen LogP contribution in [0.15, 0.2) is 30.5 Å². The molecular weight excluding hydrogens is 245 g/mol. The summed E-state index contributed by atoms with van der Waals surface area (Å²) >= 11 is 0. The van der Waals surface area contributed by atoms with Gasteiger partial charge in [-0.25, -0.2) is 14.4 Å². The van der Waals surface area contributed by atoms with Crippen LogP contribution < -0.4 is 10.5 Å². The molecule has 0 saturated heterocycles. The fourth-order valence-electron chi connectivity index (χ4n) is 1.81. The Balaban J connectivity index is 2.38. The van der Waals surface area contributed by atoms with Gasteiger partial charge in [0.2, 0.25) is 0 Å². The van der Waals surface area contributed by atoms with Crippen LogP contribution in [0.4, 0.5) is 4.39 Å². The molecule has 0 fully saturated rings. The maximum absolute atomic E-state index is 13.4. The summed E-state index contributed by atoms with van der Waals surface area (Å²) in [5.41, 5.74) is 6.74. The zero-order valence-electron chi connectivity index (χ0n) is 10.8. The predicted molar refractivity (Wildman–Crippen MR) is 71.4 cm³/mol. The van der Waals surface area contributed by atoms with Gasteiger partial charge >= 0.3 is 0 Å². The van der Waals surface area contributed by atoms with E-state index in [4.69, 9.17) is 10.5 Å². The lowest BCUT2D eigenvalue weighted by Gasteiger charge is -2.09. The van der Waals surface area contributed by atoms with E-state index < -0.39 is 0 Å². The van der Waals surface area contributed by atoms with Gasteiger partial charge in [0.1, 0.15) is 17.4 Å². The minimum atomic E-state index is -0.321. The molecule has 0 aliphatic heterocycles. The standard InChI is InChI=1S/C14H16FN3O/c1-19-13-5-4-10(15)9-11(13)12-6-8-17-14(18-12)3-2-7-16/h4-6,8-9H,2-3,7,16H2,1H3. The van der Waals surface area contributed by atoms with Crippen molar-refractivity contribution in [3.8, 4) is 17.0 Å². The van der Waals surface area contributed by atoms with Crippen molar-refractivity contribution in [1.29, 1.82) is 0 Å². The zero-order valence-corrected chi connectivity index (χ0v) is 10.8. The van der Waals surface area contributed by atoms with Crippen LogP contribution >= 0.6 is 0 Å². The topological polar surface area (TPSA) is 61.0 Å². The summed E-state index contributed by atoms with van der Waals surface area (Å²) < 4.78 is 18.6. The molecule has 1 aromatic heterocycles. The molecule has 0 bridgehead atoms. The Morgan fingerprint density at radius 3 is 2.89 bits per heavy atom. The van der Waals surface area contributed by atoms with Crippen LogP contribution in [0, 0.1) is 5.82 Å². The molecule has 5 heteroatoms. The summed E-state index contributed by atoms with van der Waals surface area (Å²) in [6, 6.07) is 6.10. The highest BCUT2D eigenvalue weighted by Gasteiger charge is 2.09. The highest BCUT2D eigenvalue weighted by Crippen LogP contribution is 2.29. The van der Waals surface area contributed by atoms with E-state index in [2.05, 4.69) is 9.97 Å². The zero-order chi connectivity index (χ0) is 13.7.